The van der Waals surface area contributed by atoms with Gasteiger partial charge in [0.1, 0.15) is 12.2 Å². The molecule has 0 spiro atoms. The van der Waals surface area contributed by atoms with Gasteiger partial charge in [0.15, 0.2) is 6.29 Å². The van der Waals surface area contributed by atoms with Gasteiger partial charge in [0.25, 0.3) is 0 Å². The molecule has 1 fully saturated rings. The number of ether oxygens (including phenoxy) is 2. The molecular weight excluding hydrogens is 236 g/mol. The molecule has 2 nitrogen and oxygen atoms in total. The largest absolute Gasteiger partial charge is 0.338 e. The smallest absolute Gasteiger partial charge is 0.178 e. The first-order valence-electron chi connectivity index (χ1n) is 6.43. The van der Waals surface area contributed by atoms with Gasteiger partial charge in [0.2, 0.25) is 0 Å². The Bertz CT molecular complexity index is 465. The van der Waals surface area contributed by atoms with Crippen molar-refractivity contribution in [2.75, 3.05) is 0 Å². The molecule has 3 atom stereocenters. The van der Waals surface area contributed by atoms with Gasteiger partial charge in [-0.3, -0.25) is 0 Å². The summed E-state index contributed by atoms with van der Waals surface area (Å²) in [6.07, 6.45) is 3.37. The van der Waals surface area contributed by atoms with E-state index in [1.165, 1.54) is 0 Å². The topological polar surface area (TPSA) is 18.5 Å². The van der Waals surface area contributed by atoms with E-state index < -0.39 is 0 Å². The van der Waals surface area contributed by atoms with Crippen molar-refractivity contribution in [1.29, 1.82) is 0 Å². The fraction of sp³-hybridized carbons (Fsp3) is 0.294. The highest BCUT2D eigenvalue weighted by Crippen LogP contribution is 2.28. The lowest BCUT2D eigenvalue weighted by Gasteiger charge is -2.16. The van der Waals surface area contributed by atoms with E-state index in [-0.39, 0.29) is 18.5 Å². The minimum Gasteiger partial charge on any atom is -0.338 e. The molecule has 1 aliphatic heterocycles. The Hall–Kier alpha value is -1.64. The van der Waals surface area contributed by atoms with Crippen molar-refractivity contribution in [2.45, 2.75) is 32.3 Å². The van der Waals surface area contributed by atoms with Crippen LogP contribution in [0.4, 0.5) is 0 Å². The molecule has 0 N–H and O–H groups in total. The van der Waals surface area contributed by atoms with Crippen molar-refractivity contribution in [3.63, 3.8) is 0 Å². The molecule has 0 bridgehead atoms. The molecule has 0 radical (unpaired) electrons. The Balaban J connectivity index is 2.06. The summed E-state index contributed by atoms with van der Waals surface area (Å²) < 4.78 is 11.7. The first kappa shape index (κ1) is 13.8. The summed E-state index contributed by atoms with van der Waals surface area (Å²) in [7, 11) is 0. The molecule has 1 aromatic rings. The van der Waals surface area contributed by atoms with Gasteiger partial charge in [0.05, 0.1) is 0 Å². The predicted molar refractivity (Wildman–Crippen MR) is 78.6 cm³/mol. The average molecular weight is 256 g/mol. The first-order chi connectivity index (χ1) is 9.08. The molecule has 0 saturated carbocycles. The van der Waals surface area contributed by atoms with Gasteiger partial charge < -0.3 is 9.47 Å². The van der Waals surface area contributed by atoms with Crippen LogP contribution >= 0.6 is 0 Å². The van der Waals surface area contributed by atoms with Crippen molar-refractivity contribution >= 4 is 6.08 Å². The van der Waals surface area contributed by atoms with E-state index in [2.05, 4.69) is 13.2 Å². The molecule has 1 aliphatic rings. The quantitative estimate of drug-likeness (QED) is 0.759. The molecule has 2 heteroatoms. The minimum absolute atomic E-state index is 0.108. The third-order valence-electron chi connectivity index (χ3n) is 3.05. The molecule has 1 unspecified atom stereocenters. The number of hydrogen-bond acceptors (Lipinski definition) is 2. The summed E-state index contributed by atoms with van der Waals surface area (Å²) in [5.74, 6) is 0. The number of hydrogen-bond donors (Lipinski definition) is 0. The van der Waals surface area contributed by atoms with E-state index in [0.29, 0.717) is 0 Å². The van der Waals surface area contributed by atoms with Crippen LogP contribution in [0.1, 0.15) is 19.4 Å². The summed E-state index contributed by atoms with van der Waals surface area (Å²) in [4.78, 5) is 0. The summed E-state index contributed by atoms with van der Waals surface area (Å²) in [6, 6.07) is 10.1. The molecular formula is C17H20O2. The maximum atomic E-state index is 5.85. The Kier molecular flexibility index (Phi) is 4.35. The van der Waals surface area contributed by atoms with Crippen LogP contribution in [0.25, 0.3) is 6.08 Å². The molecule has 0 amide bonds. The molecule has 0 aromatic heterocycles. The van der Waals surface area contributed by atoms with E-state index >= 15 is 0 Å². The molecule has 1 heterocycles. The Morgan fingerprint density at radius 3 is 2.00 bits per heavy atom. The van der Waals surface area contributed by atoms with Crippen molar-refractivity contribution in [1.82, 2.24) is 0 Å². The second-order valence-corrected chi connectivity index (χ2v) is 4.94. The van der Waals surface area contributed by atoms with Crippen LogP contribution in [-0.4, -0.2) is 18.5 Å². The zero-order valence-electron chi connectivity index (χ0n) is 11.5. The van der Waals surface area contributed by atoms with Crippen LogP contribution in [0.5, 0.6) is 0 Å². The van der Waals surface area contributed by atoms with Gasteiger partial charge in [-0.25, -0.2) is 0 Å². The summed E-state index contributed by atoms with van der Waals surface area (Å²) in [6.45, 7) is 11.8. The van der Waals surface area contributed by atoms with E-state index in [9.17, 15) is 0 Å². The highest BCUT2D eigenvalue weighted by atomic mass is 16.7. The lowest BCUT2D eigenvalue weighted by molar-refractivity contribution is -0.0201. The van der Waals surface area contributed by atoms with Gasteiger partial charge >= 0.3 is 0 Å². The SMILES string of the molecule is C=C(C)[C@H]1OC(C=Cc2ccccc2)O[C@H]1C(=C)C. The van der Waals surface area contributed by atoms with Crippen molar-refractivity contribution in [3.8, 4) is 0 Å². The van der Waals surface area contributed by atoms with E-state index in [1.54, 1.807) is 0 Å². The fourth-order valence-corrected chi connectivity index (χ4v) is 2.06. The molecule has 100 valence electrons. The third kappa shape index (κ3) is 3.43. The Labute approximate surface area is 115 Å². The first-order valence-corrected chi connectivity index (χ1v) is 6.43. The molecule has 1 aromatic carbocycles. The maximum Gasteiger partial charge on any atom is 0.178 e. The maximum absolute atomic E-state index is 5.85. The van der Waals surface area contributed by atoms with Crippen molar-refractivity contribution in [3.05, 3.63) is 66.3 Å². The lowest BCUT2D eigenvalue weighted by Crippen LogP contribution is -2.23. The number of rotatable bonds is 4. The average Bonchev–Trinajstić information content (AvgIpc) is 2.82. The molecule has 2 rings (SSSR count). The molecule has 1 saturated heterocycles. The normalized spacial score (nSPS) is 26.7. The monoisotopic (exact) mass is 256 g/mol. The van der Waals surface area contributed by atoms with Gasteiger partial charge in [-0.15, -0.1) is 0 Å². The minimum atomic E-state index is -0.344. The van der Waals surface area contributed by atoms with Crippen LogP contribution in [0.2, 0.25) is 0 Å². The van der Waals surface area contributed by atoms with Crippen LogP contribution in [0, 0.1) is 0 Å². The van der Waals surface area contributed by atoms with Crippen LogP contribution < -0.4 is 0 Å². The second kappa shape index (κ2) is 6.00. The highest BCUT2D eigenvalue weighted by molar-refractivity contribution is 5.49. The Morgan fingerprint density at radius 2 is 1.53 bits per heavy atom. The van der Waals surface area contributed by atoms with Crippen LogP contribution in [0.3, 0.4) is 0 Å². The van der Waals surface area contributed by atoms with E-state index in [1.807, 2.05) is 56.3 Å². The summed E-state index contributed by atoms with van der Waals surface area (Å²) in [5, 5.41) is 0. The molecule has 0 aliphatic carbocycles. The standard InChI is InChI=1S/C17H20O2/c1-12(2)16-17(13(3)4)19-15(18-16)11-10-14-8-6-5-7-9-14/h5-11,15-17H,1,3H2,2,4H3/t15?,16-,17+. The lowest BCUT2D eigenvalue weighted by atomic mass is 10.0. The fourth-order valence-electron chi connectivity index (χ4n) is 2.06. The second-order valence-electron chi connectivity index (χ2n) is 4.94. The number of benzene rings is 1. The van der Waals surface area contributed by atoms with Crippen LogP contribution in [-0.2, 0) is 9.47 Å². The van der Waals surface area contributed by atoms with E-state index in [4.69, 9.17) is 9.47 Å². The van der Waals surface area contributed by atoms with Crippen molar-refractivity contribution in [2.24, 2.45) is 0 Å². The zero-order chi connectivity index (χ0) is 13.8. The Morgan fingerprint density at radius 1 is 1.00 bits per heavy atom. The summed E-state index contributed by atoms with van der Waals surface area (Å²) in [5.41, 5.74) is 3.05. The van der Waals surface area contributed by atoms with Gasteiger partial charge in [-0.1, -0.05) is 49.6 Å². The predicted octanol–water partition coefficient (Wildman–Crippen LogP) is 3.96. The van der Waals surface area contributed by atoms with Crippen molar-refractivity contribution < 1.29 is 9.47 Å². The van der Waals surface area contributed by atoms with Gasteiger partial charge in [-0.05, 0) is 36.6 Å². The van der Waals surface area contributed by atoms with Gasteiger partial charge in [-0.2, -0.15) is 0 Å². The van der Waals surface area contributed by atoms with Gasteiger partial charge in [0, 0.05) is 0 Å². The van der Waals surface area contributed by atoms with E-state index in [0.717, 1.165) is 16.7 Å². The highest BCUT2D eigenvalue weighted by Gasteiger charge is 2.35. The zero-order valence-corrected chi connectivity index (χ0v) is 11.5. The molecule has 19 heavy (non-hydrogen) atoms. The summed E-state index contributed by atoms with van der Waals surface area (Å²) >= 11 is 0. The van der Waals surface area contributed by atoms with Crippen LogP contribution in [0.15, 0.2) is 60.7 Å². The third-order valence-corrected chi connectivity index (χ3v) is 3.05.